The van der Waals surface area contributed by atoms with E-state index in [1.807, 2.05) is 0 Å². The summed E-state index contributed by atoms with van der Waals surface area (Å²) in [4.78, 5) is 31.0. The van der Waals surface area contributed by atoms with Gasteiger partial charge in [0.15, 0.2) is 0 Å². The summed E-state index contributed by atoms with van der Waals surface area (Å²) in [6, 6.07) is 0. The van der Waals surface area contributed by atoms with Crippen LogP contribution in [0.5, 0.6) is 0 Å². The van der Waals surface area contributed by atoms with Crippen LogP contribution in [0.1, 0.15) is 12.8 Å². The number of thioether (sulfide) groups is 1. The third-order valence-electron chi connectivity index (χ3n) is 1.32. The molecule has 2 N–H and O–H groups in total. The van der Waals surface area contributed by atoms with Crippen molar-refractivity contribution in [2.24, 2.45) is 0 Å². The maximum atomic E-state index is 11.0. The molecule has 0 rings (SSSR count). The third kappa shape index (κ3) is 9.05. The molecule has 0 saturated heterocycles. The van der Waals surface area contributed by atoms with E-state index < -0.39 is 5.97 Å². The second-order valence-electron chi connectivity index (χ2n) is 2.49. The van der Waals surface area contributed by atoms with Crippen LogP contribution < -0.4 is 5.32 Å². The lowest BCUT2D eigenvalue weighted by atomic mass is 10.4. The number of aliphatic carboxylic acids is 1. The van der Waals surface area contributed by atoms with Crippen LogP contribution in [-0.4, -0.2) is 41.3 Å². The van der Waals surface area contributed by atoms with Gasteiger partial charge in [-0.2, -0.15) is 11.8 Å². The molecule has 0 aromatic rings. The predicted octanol–water partition coefficient (Wildman–Crippen LogP) is -0.101. The van der Waals surface area contributed by atoms with Crippen molar-refractivity contribution < 1.29 is 19.5 Å². The molecule has 0 radical (unpaired) electrons. The average molecular weight is 219 g/mol. The fourth-order valence-corrected chi connectivity index (χ4v) is 1.29. The number of carbonyl (C=O) groups is 3. The number of carbonyl (C=O) groups excluding carboxylic acids is 2. The van der Waals surface area contributed by atoms with Gasteiger partial charge >= 0.3 is 5.97 Å². The standard InChI is InChI=1S/C8H13NO4S/c10-4-6-14-5-2-7(11)9-3-1-8(12)13/h4H,1-3,5-6H2,(H,9,11)(H,12,13). The highest BCUT2D eigenvalue weighted by Crippen LogP contribution is 1.99. The van der Waals surface area contributed by atoms with Crippen molar-refractivity contribution >= 4 is 29.9 Å². The molecule has 5 nitrogen and oxygen atoms in total. The first kappa shape index (κ1) is 13.0. The zero-order valence-corrected chi connectivity index (χ0v) is 8.51. The minimum Gasteiger partial charge on any atom is -0.481 e. The van der Waals surface area contributed by atoms with Crippen molar-refractivity contribution in [1.82, 2.24) is 5.32 Å². The van der Waals surface area contributed by atoms with Crippen LogP contribution in [0.2, 0.25) is 0 Å². The molecule has 1 amide bonds. The molecule has 0 spiro atoms. The lowest BCUT2D eigenvalue weighted by Crippen LogP contribution is -2.26. The van der Waals surface area contributed by atoms with E-state index in [-0.39, 0.29) is 18.9 Å². The summed E-state index contributed by atoms with van der Waals surface area (Å²) in [7, 11) is 0. The van der Waals surface area contributed by atoms with Gasteiger partial charge in [-0.15, -0.1) is 0 Å². The monoisotopic (exact) mass is 219 g/mol. The first-order valence-corrected chi connectivity index (χ1v) is 5.32. The fourth-order valence-electron chi connectivity index (χ4n) is 0.694. The minimum absolute atomic E-state index is 0.0623. The van der Waals surface area contributed by atoms with Crippen molar-refractivity contribution in [3.63, 3.8) is 0 Å². The molecule has 6 heteroatoms. The number of aldehydes is 1. The van der Waals surface area contributed by atoms with Crippen molar-refractivity contribution in [3.8, 4) is 0 Å². The Kier molecular flexibility index (Phi) is 7.92. The summed E-state index contributed by atoms with van der Waals surface area (Å²) in [5, 5.41) is 10.7. The normalized spacial score (nSPS) is 9.43. The Labute approximate surface area is 86.2 Å². The Balaban J connectivity index is 3.28. The number of nitrogens with one attached hydrogen (secondary N) is 1. The molecule has 0 unspecified atom stereocenters. The van der Waals surface area contributed by atoms with E-state index in [1.165, 1.54) is 11.8 Å². The number of rotatable bonds is 8. The van der Waals surface area contributed by atoms with E-state index in [9.17, 15) is 14.4 Å². The minimum atomic E-state index is -0.930. The maximum absolute atomic E-state index is 11.0. The maximum Gasteiger partial charge on any atom is 0.305 e. The Bertz CT molecular complexity index is 208. The molecule has 0 aliphatic rings. The highest BCUT2D eigenvalue weighted by Gasteiger charge is 2.01. The molecule has 0 aromatic carbocycles. The first-order valence-electron chi connectivity index (χ1n) is 4.16. The van der Waals surface area contributed by atoms with Crippen molar-refractivity contribution in [3.05, 3.63) is 0 Å². The molecule has 0 fully saturated rings. The molecule has 0 bridgehead atoms. The van der Waals surface area contributed by atoms with Crippen LogP contribution in [0.15, 0.2) is 0 Å². The first-order chi connectivity index (χ1) is 6.66. The van der Waals surface area contributed by atoms with E-state index in [0.29, 0.717) is 17.9 Å². The summed E-state index contributed by atoms with van der Waals surface area (Å²) in [6.07, 6.45) is 1.04. The Morgan fingerprint density at radius 2 is 2.07 bits per heavy atom. The van der Waals surface area contributed by atoms with Gasteiger partial charge in [0.05, 0.1) is 6.42 Å². The molecule has 80 valence electrons. The highest BCUT2D eigenvalue weighted by atomic mass is 32.2. The fraction of sp³-hybridized carbons (Fsp3) is 0.625. The highest BCUT2D eigenvalue weighted by molar-refractivity contribution is 7.99. The van der Waals surface area contributed by atoms with Gasteiger partial charge in [-0.05, 0) is 0 Å². The van der Waals surface area contributed by atoms with E-state index in [2.05, 4.69) is 5.32 Å². The van der Waals surface area contributed by atoms with Gasteiger partial charge < -0.3 is 15.2 Å². The van der Waals surface area contributed by atoms with Gasteiger partial charge in [0, 0.05) is 24.5 Å². The summed E-state index contributed by atoms with van der Waals surface area (Å²) < 4.78 is 0. The number of carboxylic acid groups (broad SMARTS) is 1. The number of amides is 1. The van der Waals surface area contributed by atoms with Crippen LogP contribution in [-0.2, 0) is 14.4 Å². The van der Waals surface area contributed by atoms with E-state index in [1.54, 1.807) is 0 Å². The van der Waals surface area contributed by atoms with Gasteiger partial charge in [0.1, 0.15) is 6.29 Å². The second kappa shape index (κ2) is 8.55. The Hall–Kier alpha value is -1.04. The molecule has 0 atom stereocenters. The van der Waals surface area contributed by atoms with Gasteiger partial charge in [-0.3, -0.25) is 9.59 Å². The second-order valence-corrected chi connectivity index (χ2v) is 3.64. The number of carboxylic acids is 1. The molecular formula is C8H13NO4S. The smallest absolute Gasteiger partial charge is 0.305 e. The zero-order valence-electron chi connectivity index (χ0n) is 7.69. The van der Waals surface area contributed by atoms with Crippen LogP contribution in [0.3, 0.4) is 0 Å². The summed E-state index contributed by atoms with van der Waals surface area (Å²) in [5.41, 5.74) is 0. The summed E-state index contributed by atoms with van der Waals surface area (Å²) in [6.45, 7) is 0.159. The lowest BCUT2D eigenvalue weighted by Gasteiger charge is -2.01. The van der Waals surface area contributed by atoms with Crippen LogP contribution in [0, 0.1) is 0 Å². The van der Waals surface area contributed by atoms with Crippen LogP contribution in [0.25, 0.3) is 0 Å². The number of hydrogen-bond donors (Lipinski definition) is 2. The quantitative estimate of drug-likeness (QED) is 0.440. The van der Waals surface area contributed by atoms with Crippen LogP contribution in [0.4, 0.5) is 0 Å². The van der Waals surface area contributed by atoms with Gasteiger partial charge in [-0.1, -0.05) is 0 Å². The molecule has 0 heterocycles. The van der Waals surface area contributed by atoms with Gasteiger partial charge in [-0.25, -0.2) is 0 Å². The van der Waals surface area contributed by atoms with Crippen molar-refractivity contribution in [2.75, 3.05) is 18.1 Å². The largest absolute Gasteiger partial charge is 0.481 e. The Morgan fingerprint density at radius 1 is 1.36 bits per heavy atom. The van der Waals surface area contributed by atoms with E-state index in [4.69, 9.17) is 5.11 Å². The molecule has 0 saturated carbocycles. The zero-order chi connectivity index (χ0) is 10.8. The van der Waals surface area contributed by atoms with Crippen molar-refractivity contribution in [2.45, 2.75) is 12.8 Å². The molecule has 0 aliphatic carbocycles. The SMILES string of the molecule is O=CCSCCC(=O)NCCC(=O)O. The van der Waals surface area contributed by atoms with Gasteiger partial charge in [0.25, 0.3) is 0 Å². The molecule has 0 aliphatic heterocycles. The Morgan fingerprint density at radius 3 is 2.64 bits per heavy atom. The molecule has 0 aromatic heterocycles. The molecule has 14 heavy (non-hydrogen) atoms. The number of hydrogen-bond acceptors (Lipinski definition) is 4. The van der Waals surface area contributed by atoms with Crippen LogP contribution >= 0.6 is 11.8 Å². The average Bonchev–Trinajstić information content (AvgIpc) is 2.12. The van der Waals surface area contributed by atoms with Gasteiger partial charge in [0.2, 0.25) is 5.91 Å². The lowest BCUT2D eigenvalue weighted by molar-refractivity contribution is -0.136. The van der Waals surface area contributed by atoms with E-state index in [0.717, 1.165) is 6.29 Å². The third-order valence-corrected chi connectivity index (χ3v) is 2.18. The topological polar surface area (TPSA) is 83.5 Å². The summed E-state index contributed by atoms with van der Waals surface area (Å²) >= 11 is 1.38. The van der Waals surface area contributed by atoms with Crippen molar-refractivity contribution in [1.29, 1.82) is 0 Å². The predicted molar refractivity (Wildman–Crippen MR) is 53.3 cm³/mol. The summed E-state index contributed by atoms with van der Waals surface area (Å²) in [5.74, 6) is -0.134. The van der Waals surface area contributed by atoms with E-state index >= 15 is 0 Å². The molecular weight excluding hydrogens is 206 g/mol.